The SMILES string of the molecule is C[C@@]12CCC[C@H]1[C@@H]1CN(C(=O)Nc3cccc(C(F)(F)F)c3)C3=CC(=O)C(F)C[C@]3(C)[C@H]1CC2. The van der Waals surface area contributed by atoms with Crippen molar-refractivity contribution in [2.45, 2.75) is 64.7 Å². The van der Waals surface area contributed by atoms with E-state index < -0.39 is 35.1 Å². The van der Waals surface area contributed by atoms with Gasteiger partial charge in [0.1, 0.15) is 0 Å². The van der Waals surface area contributed by atoms with Crippen LogP contribution in [0.5, 0.6) is 0 Å². The molecule has 5 rings (SSSR count). The molecule has 1 unspecified atom stereocenters. The van der Waals surface area contributed by atoms with Gasteiger partial charge >= 0.3 is 12.2 Å². The van der Waals surface area contributed by atoms with Gasteiger partial charge in [-0.3, -0.25) is 9.69 Å². The van der Waals surface area contributed by atoms with E-state index in [1.54, 1.807) is 0 Å². The molecule has 2 amide bonds. The van der Waals surface area contributed by atoms with Crippen LogP contribution in [-0.2, 0) is 11.0 Å². The van der Waals surface area contributed by atoms with Gasteiger partial charge in [-0.05, 0) is 73.5 Å². The van der Waals surface area contributed by atoms with Crippen molar-refractivity contribution in [1.82, 2.24) is 4.90 Å². The van der Waals surface area contributed by atoms with E-state index in [9.17, 15) is 27.2 Å². The number of carbonyl (C=O) groups excluding carboxylic acids is 2. The molecular formula is C26H30F4N2O2. The number of hydrogen-bond donors (Lipinski definition) is 1. The van der Waals surface area contributed by atoms with Gasteiger partial charge in [-0.2, -0.15) is 13.2 Å². The van der Waals surface area contributed by atoms with Crippen molar-refractivity contribution in [3.05, 3.63) is 41.6 Å². The second-order valence-corrected chi connectivity index (χ2v) is 11.1. The molecule has 3 aliphatic carbocycles. The maximum Gasteiger partial charge on any atom is 0.416 e. The van der Waals surface area contributed by atoms with Gasteiger partial charge in [0.2, 0.25) is 0 Å². The third-order valence-corrected chi connectivity index (χ3v) is 9.18. The molecule has 1 N–H and O–H groups in total. The Kier molecular flexibility index (Phi) is 5.37. The molecule has 8 heteroatoms. The summed E-state index contributed by atoms with van der Waals surface area (Å²) in [6.45, 7) is 4.65. The molecule has 2 saturated carbocycles. The van der Waals surface area contributed by atoms with Crippen LogP contribution in [0.3, 0.4) is 0 Å². The van der Waals surface area contributed by atoms with E-state index in [0.29, 0.717) is 18.2 Å². The largest absolute Gasteiger partial charge is 0.416 e. The van der Waals surface area contributed by atoms with E-state index >= 15 is 0 Å². The van der Waals surface area contributed by atoms with Crippen LogP contribution in [0.4, 0.5) is 28.0 Å². The summed E-state index contributed by atoms with van der Waals surface area (Å²) in [4.78, 5) is 27.3. The highest BCUT2D eigenvalue weighted by atomic mass is 19.4. The number of benzene rings is 1. The molecule has 1 heterocycles. The Labute approximate surface area is 196 Å². The summed E-state index contributed by atoms with van der Waals surface area (Å²) >= 11 is 0. The first-order chi connectivity index (χ1) is 15.9. The van der Waals surface area contributed by atoms with Crippen LogP contribution in [0.2, 0.25) is 0 Å². The minimum Gasteiger partial charge on any atom is -0.308 e. The van der Waals surface area contributed by atoms with Crippen LogP contribution in [-0.4, -0.2) is 29.4 Å². The fraction of sp³-hybridized carbons (Fsp3) is 0.615. The number of amides is 2. The van der Waals surface area contributed by atoms with Crippen LogP contribution in [0.15, 0.2) is 36.0 Å². The highest BCUT2D eigenvalue weighted by Crippen LogP contribution is 2.64. The van der Waals surface area contributed by atoms with E-state index in [1.165, 1.54) is 23.1 Å². The van der Waals surface area contributed by atoms with Crippen molar-refractivity contribution in [2.75, 3.05) is 11.9 Å². The van der Waals surface area contributed by atoms with Gasteiger partial charge in [0.15, 0.2) is 12.0 Å². The number of nitrogens with zero attached hydrogens (tertiary/aromatic N) is 1. The standard InChI is InChI=1S/C26H30F4N2O2/c1-24-9-4-7-18(24)17-14-32(23(34)31-16-6-3-5-15(11-16)26(28,29)30)22-12-21(33)20(27)13-25(22,2)19(17)8-10-24/h3,5-6,11-12,17-20H,4,7-10,13-14H2,1-2H3,(H,31,34)/t17-,18-,19-,20?,24-,25+/m0/s1. The molecule has 1 aromatic carbocycles. The highest BCUT2D eigenvalue weighted by Gasteiger charge is 2.60. The third-order valence-electron chi connectivity index (χ3n) is 9.18. The molecule has 1 saturated heterocycles. The van der Waals surface area contributed by atoms with E-state index in [-0.39, 0.29) is 29.4 Å². The number of alkyl halides is 4. The quantitative estimate of drug-likeness (QED) is 0.463. The van der Waals surface area contributed by atoms with Crippen LogP contribution in [0.1, 0.15) is 57.9 Å². The normalized spacial score (nSPS) is 37.4. The number of piperidine rings is 1. The molecule has 1 aromatic rings. The number of hydrogen-bond acceptors (Lipinski definition) is 2. The Morgan fingerprint density at radius 1 is 1.15 bits per heavy atom. The number of urea groups is 1. The van der Waals surface area contributed by atoms with E-state index in [2.05, 4.69) is 12.2 Å². The molecule has 0 aromatic heterocycles. The number of fused-ring (bicyclic) bond motifs is 5. The summed E-state index contributed by atoms with van der Waals surface area (Å²) in [5, 5.41) is 2.61. The molecule has 34 heavy (non-hydrogen) atoms. The Morgan fingerprint density at radius 3 is 2.65 bits per heavy atom. The zero-order chi connectivity index (χ0) is 24.5. The Balaban J connectivity index is 1.50. The summed E-state index contributed by atoms with van der Waals surface area (Å²) in [5.74, 6) is 0.0865. The molecular weight excluding hydrogens is 448 g/mol. The Morgan fingerprint density at radius 2 is 1.91 bits per heavy atom. The second-order valence-electron chi connectivity index (χ2n) is 11.1. The number of nitrogens with one attached hydrogen (secondary N) is 1. The number of allylic oxidation sites excluding steroid dienone is 2. The van der Waals surface area contributed by atoms with E-state index in [0.717, 1.165) is 44.2 Å². The number of halogens is 4. The first-order valence-corrected chi connectivity index (χ1v) is 12.1. The fourth-order valence-electron chi connectivity index (χ4n) is 7.49. The molecule has 0 spiro atoms. The molecule has 3 fully saturated rings. The minimum atomic E-state index is -4.53. The average molecular weight is 479 g/mol. The average Bonchev–Trinajstić information content (AvgIpc) is 3.16. The monoisotopic (exact) mass is 478 g/mol. The van der Waals surface area contributed by atoms with Crippen molar-refractivity contribution in [2.24, 2.45) is 28.6 Å². The van der Waals surface area contributed by atoms with Gasteiger partial charge < -0.3 is 5.32 Å². The number of ketones is 1. The lowest BCUT2D eigenvalue weighted by atomic mass is 9.50. The summed E-state index contributed by atoms with van der Waals surface area (Å²) < 4.78 is 54.2. The maximum atomic E-state index is 14.7. The summed E-state index contributed by atoms with van der Waals surface area (Å²) in [6, 6.07) is 3.93. The third kappa shape index (κ3) is 3.64. The fourth-order valence-corrected chi connectivity index (χ4v) is 7.49. The predicted molar refractivity (Wildman–Crippen MR) is 120 cm³/mol. The molecule has 4 nitrogen and oxygen atoms in total. The zero-order valence-corrected chi connectivity index (χ0v) is 19.4. The van der Waals surface area contributed by atoms with Gasteiger partial charge in [-0.25, -0.2) is 9.18 Å². The Bertz CT molecular complexity index is 1050. The number of carbonyl (C=O) groups is 2. The molecule has 4 aliphatic rings. The van der Waals surface area contributed by atoms with Gasteiger partial charge in [0.25, 0.3) is 0 Å². The molecule has 1 aliphatic heterocycles. The zero-order valence-electron chi connectivity index (χ0n) is 19.4. The first-order valence-electron chi connectivity index (χ1n) is 12.1. The van der Waals surface area contributed by atoms with Gasteiger partial charge in [0, 0.05) is 29.4 Å². The first kappa shape index (κ1) is 23.4. The summed E-state index contributed by atoms with van der Waals surface area (Å²) in [5.41, 5.74) is -0.801. The van der Waals surface area contributed by atoms with E-state index in [1.807, 2.05) is 6.92 Å². The lowest BCUT2D eigenvalue weighted by Crippen LogP contribution is -2.60. The van der Waals surface area contributed by atoms with Crippen molar-refractivity contribution < 1.29 is 27.2 Å². The lowest BCUT2D eigenvalue weighted by Gasteiger charge is -2.59. The summed E-state index contributed by atoms with van der Waals surface area (Å²) in [6.07, 6.45) is 0.491. The van der Waals surface area contributed by atoms with E-state index in [4.69, 9.17) is 0 Å². The summed E-state index contributed by atoms with van der Waals surface area (Å²) in [7, 11) is 0. The van der Waals surface area contributed by atoms with Crippen molar-refractivity contribution in [1.29, 1.82) is 0 Å². The maximum absolute atomic E-state index is 14.7. The number of anilines is 1. The predicted octanol–water partition coefficient (Wildman–Crippen LogP) is 6.59. The topological polar surface area (TPSA) is 49.4 Å². The smallest absolute Gasteiger partial charge is 0.308 e. The lowest BCUT2D eigenvalue weighted by molar-refractivity contribution is -0.137. The van der Waals surface area contributed by atoms with Crippen LogP contribution < -0.4 is 5.32 Å². The van der Waals surface area contributed by atoms with Crippen LogP contribution in [0.25, 0.3) is 0 Å². The van der Waals surface area contributed by atoms with Gasteiger partial charge in [-0.15, -0.1) is 0 Å². The Hall–Kier alpha value is -2.38. The highest BCUT2D eigenvalue weighted by molar-refractivity contribution is 5.97. The molecule has 0 bridgehead atoms. The van der Waals surface area contributed by atoms with Crippen molar-refractivity contribution in [3.63, 3.8) is 0 Å². The number of rotatable bonds is 1. The van der Waals surface area contributed by atoms with Crippen molar-refractivity contribution >= 4 is 17.5 Å². The van der Waals surface area contributed by atoms with Crippen LogP contribution >= 0.6 is 0 Å². The second kappa shape index (κ2) is 7.82. The van der Waals surface area contributed by atoms with Gasteiger partial charge in [0.05, 0.1) is 5.56 Å². The molecule has 0 radical (unpaired) electrons. The van der Waals surface area contributed by atoms with Crippen LogP contribution in [0, 0.1) is 28.6 Å². The molecule has 184 valence electrons. The number of likely N-dealkylation sites (tertiary alicyclic amines) is 1. The molecule has 6 atom stereocenters. The van der Waals surface area contributed by atoms with Gasteiger partial charge in [-0.1, -0.05) is 26.3 Å². The van der Waals surface area contributed by atoms with Crippen molar-refractivity contribution in [3.8, 4) is 0 Å². The minimum absolute atomic E-state index is 0.0316.